The average Bonchev–Trinajstić information content (AvgIpc) is 2.50. The molecule has 2 aromatic carbocycles. The van der Waals surface area contributed by atoms with E-state index in [0.717, 1.165) is 0 Å². The molecule has 0 radical (unpaired) electrons. The Morgan fingerprint density at radius 3 is 2.35 bits per heavy atom. The maximum absolute atomic E-state index is 13.3. The molecule has 0 fully saturated rings. The normalized spacial score (nSPS) is 11.8. The highest BCUT2D eigenvalue weighted by atomic mass is 35.5. The van der Waals surface area contributed by atoms with Gasteiger partial charge in [-0.1, -0.05) is 41.9 Å². The van der Waals surface area contributed by atoms with Crippen molar-refractivity contribution in [2.24, 2.45) is 0 Å². The van der Waals surface area contributed by atoms with Crippen LogP contribution < -0.4 is 5.32 Å². The topological polar surface area (TPSA) is 66.4 Å². The molecular weight excluding hydrogens is 328 g/mol. The highest BCUT2D eigenvalue weighted by molar-refractivity contribution is 6.33. The standard InChI is InChI=1S/C16H12ClF2NO3/c17-11-7-13(19)12(18)6-10(11)16(23)20-14(8-15(21)22)9-4-2-1-3-5-9/h1-7,14H,8H2,(H,20,23)(H,21,22)/t14-/m0/s1. The molecule has 0 saturated heterocycles. The highest BCUT2D eigenvalue weighted by Crippen LogP contribution is 2.22. The molecule has 2 rings (SSSR count). The molecule has 0 unspecified atom stereocenters. The molecule has 1 atom stereocenters. The predicted octanol–water partition coefficient (Wildman–Crippen LogP) is 3.56. The number of nitrogens with one attached hydrogen (secondary N) is 1. The maximum Gasteiger partial charge on any atom is 0.305 e. The number of carbonyl (C=O) groups excluding carboxylic acids is 1. The van der Waals surface area contributed by atoms with Gasteiger partial charge in [0.2, 0.25) is 0 Å². The SMILES string of the molecule is O=C(O)C[C@H](NC(=O)c1cc(F)c(F)cc1Cl)c1ccccc1. The van der Waals surface area contributed by atoms with E-state index in [4.69, 9.17) is 16.7 Å². The van der Waals surface area contributed by atoms with E-state index in [1.54, 1.807) is 30.3 Å². The number of carboxylic acid groups (broad SMARTS) is 1. The number of hydrogen-bond acceptors (Lipinski definition) is 2. The zero-order valence-electron chi connectivity index (χ0n) is 11.7. The fourth-order valence-corrected chi connectivity index (χ4v) is 2.28. The molecule has 4 nitrogen and oxygen atoms in total. The van der Waals surface area contributed by atoms with Gasteiger partial charge in [0.25, 0.3) is 5.91 Å². The lowest BCUT2D eigenvalue weighted by molar-refractivity contribution is -0.137. The summed E-state index contributed by atoms with van der Waals surface area (Å²) in [6.45, 7) is 0. The number of halogens is 3. The second-order valence-electron chi connectivity index (χ2n) is 4.78. The summed E-state index contributed by atoms with van der Waals surface area (Å²) in [6.07, 6.45) is -0.364. The predicted molar refractivity (Wildman–Crippen MR) is 80.3 cm³/mol. The summed E-state index contributed by atoms with van der Waals surface area (Å²) in [7, 11) is 0. The van der Waals surface area contributed by atoms with Crippen LogP contribution in [0, 0.1) is 11.6 Å². The number of benzene rings is 2. The molecule has 0 aliphatic rings. The van der Waals surface area contributed by atoms with Crippen LogP contribution in [0.1, 0.15) is 28.4 Å². The molecule has 0 heterocycles. The number of rotatable bonds is 5. The van der Waals surface area contributed by atoms with Gasteiger partial charge in [0, 0.05) is 0 Å². The minimum atomic E-state index is -1.21. The molecule has 120 valence electrons. The van der Waals surface area contributed by atoms with Crippen molar-refractivity contribution < 1.29 is 23.5 Å². The third kappa shape index (κ3) is 4.26. The lowest BCUT2D eigenvalue weighted by atomic mass is 10.0. The van der Waals surface area contributed by atoms with Crippen LogP contribution in [-0.2, 0) is 4.79 Å². The fraction of sp³-hybridized carbons (Fsp3) is 0.125. The molecular formula is C16H12ClF2NO3. The van der Waals surface area contributed by atoms with Crippen LogP contribution in [0.5, 0.6) is 0 Å². The summed E-state index contributed by atoms with van der Waals surface area (Å²) in [5, 5.41) is 11.2. The summed E-state index contributed by atoms with van der Waals surface area (Å²) in [5.41, 5.74) is 0.304. The second kappa shape index (κ2) is 7.19. The van der Waals surface area contributed by atoms with Crippen molar-refractivity contribution in [3.8, 4) is 0 Å². The molecule has 2 N–H and O–H groups in total. The number of amides is 1. The summed E-state index contributed by atoms with van der Waals surface area (Å²) in [4.78, 5) is 23.2. The van der Waals surface area contributed by atoms with Crippen LogP contribution in [0.25, 0.3) is 0 Å². The van der Waals surface area contributed by atoms with Crippen molar-refractivity contribution >= 4 is 23.5 Å². The van der Waals surface area contributed by atoms with Gasteiger partial charge in [-0.3, -0.25) is 9.59 Å². The van der Waals surface area contributed by atoms with Crippen LogP contribution >= 0.6 is 11.6 Å². The molecule has 0 aliphatic carbocycles. The molecule has 0 aromatic heterocycles. The van der Waals surface area contributed by atoms with E-state index in [0.29, 0.717) is 17.7 Å². The van der Waals surface area contributed by atoms with E-state index >= 15 is 0 Å². The van der Waals surface area contributed by atoms with E-state index in [-0.39, 0.29) is 17.0 Å². The van der Waals surface area contributed by atoms with Gasteiger partial charge in [-0.2, -0.15) is 0 Å². The molecule has 2 aromatic rings. The van der Waals surface area contributed by atoms with Crippen LogP contribution in [0.3, 0.4) is 0 Å². The summed E-state index contributed by atoms with van der Waals surface area (Å²) >= 11 is 5.75. The Labute approximate surface area is 135 Å². The third-order valence-electron chi connectivity index (χ3n) is 3.14. The largest absolute Gasteiger partial charge is 0.481 e. The fourth-order valence-electron chi connectivity index (χ4n) is 2.04. The monoisotopic (exact) mass is 339 g/mol. The van der Waals surface area contributed by atoms with Gasteiger partial charge < -0.3 is 10.4 Å². The van der Waals surface area contributed by atoms with Crippen LogP contribution in [0.15, 0.2) is 42.5 Å². The smallest absolute Gasteiger partial charge is 0.305 e. The van der Waals surface area contributed by atoms with Gasteiger partial charge in [0.1, 0.15) is 0 Å². The zero-order chi connectivity index (χ0) is 17.0. The molecule has 0 spiro atoms. The van der Waals surface area contributed by atoms with Gasteiger partial charge in [-0.05, 0) is 17.7 Å². The van der Waals surface area contributed by atoms with Crippen molar-refractivity contribution in [1.29, 1.82) is 0 Å². The minimum Gasteiger partial charge on any atom is -0.481 e. The molecule has 0 bridgehead atoms. The van der Waals surface area contributed by atoms with Crippen molar-refractivity contribution in [3.05, 3.63) is 70.2 Å². The van der Waals surface area contributed by atoms with Crippen LogP contribution in [0.2, 0.25) is 5.02 Å². The first-order chi connectivity index (χ1) is 10.9. The van der Waals surface area contributed by atoms with Crippen molar-refractivity contribution in [3.63, 3.8) is 0 Å². The van der Waals surface area contributed by atoms with E-state index in [1.165, 1.54) is 0 Å². The Bertz CT molecular complexity index is 738. The number of hydrogen-bond donors (Lipinski definition) is 2. The molecule has 0 aliphatic heterocycles. The molecule has 7 heteroatoms. The van der Waals surface area contributed by atoms with Gasteiger partial charge in [0.15, 0.2) is 11.6 Å². The van der Waals surface area contributed by atoms with Crippen molar-refractivity contribution in [1.82, 2.24) is 5.32 Å². The Hall–Kier alpha value is -2.47. The maximum atomic E-state index is 13.3. The Morgan fingerprint density at radius 2 is 1.74 bits per heavy atom. The molecule has 1 amide bonds. The van der Waals surface area contributed by atoms with E-state index in [9.17, 15) is 18.4 Å². The second-order valence-corrected chi connectivity index (χ2v) is 5.19. The van der Waals surface area contributed by atoms with Gasteiger partial charge in [-0.25, -0.2) is 8.78 Å². The van der Waals surface area contributed by atoms with Crippen LogP contribution in [0.4, 0.5) is 8.78 Å². The highest BCUT2D eigenvalue weighted by Gasteiger charge is 2.21. The van der Waals surface area contributed by atoms with Gasteiger partial charge in [-0.15, -0.1) is 0 Å². The van der Waals surface area contributed by atoms with E-state index < -0.39 is 29.6 Å². The van der Waals surface area contributed by atoms with Crippen LogP contribution in [-0.4, -0.2) is 17.0 Å². The third-order valence-corrected chi connectivity index (χ3v) is 3.45. The molecule has 0 saturated carbocycles. The Balaban J connectivity index is 2.28. The van der Waals surface area contributed by atoms with E-state index in [2.05, 4.69) is 5.32 Å². The first-order valence-corrected chi connectivity index (χ1v) is 6.98. The van der Waals surface area contributed by atoms with Crippen molar-refractivity contribution in [2.75, 3.05) is 0 Å². The minimum absolute atomic E-state index is 0.261. The zero-order valence-corrected chi connectivity index (χ0v) is 12.5. The number of carbonyl (C=O) groups is 2. The quantitative estimate of drug-likeness (QED) is 0.818. The lowest BCUT2D eigenvalue weighted by Gasteiger charge is -2.18. The average molecular weight is 340 g/mol. The Morgan fingerprint density at radius 1 is 1.13 bits per heavy atom. The summed E-state index contributed by atoms with van der Waals surface area (Å²) in [6, 6.07) is 8.99. The lowest BCUT2D eigenvalue weighted by Crippen LogP contribution is -2.30. The number of aliphatic carboxylic acids is 1. The Kier molecular flexibility index (Phi) is 5.28. The summed E-state index contributed by atoms with van der Waals surface area (Å²) in [5.74, 6) is -4.29. The molecule has 23 heavy (non-hydrogen) atoms. The summed E-state index contributed by atoms with van der Waals surface area (Å²) < 4.78 is 26.3. The van der Waals surface area contributed by atoms with Crippen molar-refractivity contribution in [2.45, 2.75) is 12.5 Å². The van der Waals surface area contributed by atoms with Gasteiger partial charge >= 0.3 is 5.97 Å². The van der Waals surface area contributed by atoms with E-state index in [1.807, 2.05) is 0 Å². The first kappa shape index (κ1) is 16.9. The van der Waals surface area contributed by atoms with Gasteiger partial charge in [0.05, 0.1) is 23.0 Å². The first-order valence-electron chi connectivity index (χ1n) is 6.60. The number of carboxylic acids is 1.